The Balaban J connectivity index is 3.23. The Morgan fingerprint density at radius 2 is 1.53 bits per heavy atom. The van der Waals surface area contributed by atoms with E-state index in [-0.39, 0.29) is 12.4 Å². The Morgan fingerprint density at radius 3 is 2.05 bits per heavy atom. The summed E-state index contributed by atoms with van der Waals surface area (Å²) >= 11 is 0. The lowest BCUT2D eigenvalue weighted by molar-refractivity contribution is -0.156. The van der Waals surface area contributed by atoms with Crippen LogP contribution in [0.4, 0.5) is 0 Å². The summed E-state index contributed by atoms with van der Waals surface area (Å²) in [5.41, 5.74) is -0.439. The Morgan fingerprint density at radius 1 is 1.00 bits per heavy atom. The molecule has 0 aliphatic carbocycles. The molecule has 0 aromatic carbocycles. The van der Waals surface area contributed by atoms with E-state index >= 15 is 0 Å². The smallest absolute Gasteiger partial charge is 0.308 e. The first-order valence-corrected chi connectivity index (χ1v) is 6.51. The second-order valence-corrected chi connectivity index (χ2v) is 4.92. The number of hydrogen-bond acceptors (Lipinski definition) is 5. The van der Waals surface area contributed by atoms with E-state index in [0.717, 1.165) is 0 Å². The average molecular weight is 274 g/mol. The Labute approximate surface area is 115 Å². The maximum Gasteiger partial charge on any atom is 0.308 e. The van der Waals surface area contributed by atoms with Gasteiger partial charge in [0, 0.05) is 0 Å². The first-order chi connectivity index (χ1) is 8.95. The van der Waals surface area contributed by atoms with Crippen LogP contribution in [-0.2, 0) is 23.7 Å². The van der Waals surface area contributed by atoms with Crippen LogP contribution in [0.3, 0.4) is 0 Å². The SMILES string of the molecule is C=CCOCCOCCOCCC(=O)OC(C)(C)C. The van der Waals surface area contributed by atoms with Crippen molar-refractivity contribution in [1.82, 2.24) is 0 Å². The summed E-state index contributed by atoms with van der Waals surface area (Å²) in [6, 6.07) is 0. The molecule has 19 heavy (non-hydrogen) atoms. The van der Waals surface area contributed by atoms with Gasteiger partial charge in [0.05, 0.1) is 46.1 Å². The summed E-state index contributed by atoms with van der Waals surface area (Å²) in [5, 5.41) is 0. The van der Waals surface area contributed by atoms with Crippen molar-refractivity contribution in [1.29, 1.82) is 0 Å². The van der Waals surface area contributed by atoms with E-state index in [0.29, 0.717) is 39.6 Å². The fourth-order valence-electron chi connectivity index (χ4n) is 1.15. The van der Waals surface area contributed by atoms with Crippen LogP contribution in [0.1, 0.15) is 27.2 Å². The molecule has 0 saturated heterocycles. The van der Waals surface area contributed by atoms with Crippen molar-refractivity contribution in [2.75, 3.05) is 39.6 Å². The van der Waals surface area contributed by atoms with Gasteiger partial charge in [0.25, 0.3) is 0 Å². The molecule has 0 atom stereocenters. The summed E-state index contributed by atoms with van der Waals surface area (Å²) in [7, 11) is 0. The van der Waals surface area contributed by atoms with Gasteiger partial charge < -0.3 is 18.9 Å². The molecule has 0 aromatic rings. The summed E-state index contributed by atoms with van der Waals surface area (Å²) in [6.45, 7) is 12.0. The normalized spacial score (nSPS) is 11.3. The van der Waals surface area contributed by atoms with Gasteiger partial charge in [0.2, 0.25) is 0 Å². The number of ether oxygens (including phenoxy) is 4. The highest BCUT2D eigenvalue weighted by molar-refractivity contribution is 5.69. The molecule has 0 spiro atoms. The highest BCUT2D eigenvalue weighted by Crippen LogP contribution is 2.07. The zero-order chi connectivity index (χ0) is 14.6. The van der Waals surface area contributed by atoms with Crippen molar-refractivity contribution in [3.05, 3.63) is 12.7 Å². The van der Waals surface area contributed by atoms with Crippen LogP contribution in [-0.4, -0.2) is 51.2 Å². The Kier molecular flexibility index (Phi) is 10.4. The molecule has 0 bridgehead atoms. The van der Waals surface area contributed by atoms with E-state index < -0.39 is 5.60 Å². The molecule has 0 rings (SSSR count). The lowest BCUT2D eigenvalue weighted by Gasteiger charge is -2.19. The Hall–Kier alpha value is -0.910. The highest BCUT2D eigenvalue weighted by Gasteiger charge is 2.15. The van der Waals surface area contributed by atoms with Gasteiger partial charge >= 0.3 is 5.97 Å². The molecule has 0 aromatic heterocycles. The molecule has 0 fully saturated rings. The fraction of sp³-hybridized carbons (Fsp3) is 0.786. The Bertz CT molecular complexity index is 245. The van der Waals surface area contributed by atoms with Crippen LogP contribution in [0.25, 0.3) is 0 Å². The van der Waals surface area contributed by atoms with Crippen LogP contribution >= 0.6 is 0 Å². The molecule has 5 nitrogen and oxygen atoms in total. The van der Waals surface area contributed by atoms with Gasteiger partial charge in [-0.15, -0.1) is 6.58 Å². The zero-order valence-corrected chi connectivity index (χ0v) is 12.3. The summed E-state index contributed by atoms with van der Waals surface area (Å²) < 4.78 is 20.8. The summed E-state index contributed by atoms with van der Waals surface area (Å²) in [4.78, 5) is 11.3. The van der Waals surface area contributed by atoms with Gasteiger partial charge in [-0.25, -0.2) is 0 Å². The monoisotopic (exact) mass is 274 g/mol. The number of esters is 1. The second-order valence-electron chi connectivity index (χ2n) is 4.92. The van der Waals surface area contributed by atoms with Crippen molar-refractivity contribution >= 4 is 5.97 Å². The lowest BCUT2D eigenvalue weighted by atomic mass is 10.2. The first kappa shape index (κ1) is 18.1. The van der Waals surface area contributed by atoms with Gasteiger partial charge in [0.15, 0.2) is 0 Å². The van der Waals surface area contributed by atoms with Gasteiger partial charge in [-0.05, 0) is 20.8 Å². The maximum absolute atomic E-state index is 11.3. The minimum Gasteiger partial charge on any atom is -0.460 e. The third-order valence-corrected chi connectivity index (χ3v) is 1.85. The molecule has 0 radical (unpaired) electrons. The highest BCUT2D eigenvalue weighted by atomic mass is 16.6. The van der Waals surface area contributed by atoms with Crippen molar-refractivity contribution < 1.29 is 23.7 Å². The van der Waals surface area contributed by atoms with Crippen molar-refractivity contribution in [2.24, 2.45) is 0 Å². The average Bonchev–Trinajstić information content (AvgIpc) is 2.29. The molecule has 0 unspecified atom stereocenters. The first-order valence-electron chi connectivity index (χ1n) is 6.51. The van der Waals surface area contributed by atoms with Crippen molar-refractivity contribution in [3.8, 4) is 0 Å². The molecule has 0 heterocycles. The topological polar surface area (TPSA) is 54.0 Å². The predicted molar refractivity (Wildman–Crippen MR) is 73.1 cm³/mol. The quantitative estimate of drug-likeness (QED) is 0.327. The van der Waals surface area contributed by atoms with E-state index in [1.807, 2.05) is 20.8 Å². The van der Waals surface area contributed by atoms with E-state index in [1.54, 1.807) is 6.08 Å². The van der Waals surface area contributed by atoms with Crippen LogP contribution < -0.4 is 0 Å². The largest absolute Gasteiger partial charge is 0.460 e. The van der Waals surface area contributed by atoms with E-state index in [1.165, 1.54) is 0 Å². The maximum atomic E-state index is 11.3. The van der Waals surface area contributed by atoms with E-state index in [9.17, 15) is 4.79 Å². The van der Waals surface area contributed by atoms with Crippen LogP contribution in [0, 0.1) is 0 Å². The van der Waals surface area contributed by atoms with Crippen LogP contribution in [0.15, 0.2) is 12.7 Å². The minimum absolute atomic E-state index is 0.244. The number of carbonyl (C=O) groups excluding carboxylic acids is 1. The molecule has 0 N–H and O–H groups in total. The molecular formula is C14H26O5. The van der Waals surface area contributed by atoms with E-state index in [4.69, 9.17) is 18.9 Å². The van der Waals surface area contributed by atoms with Crippen molar-refractivity contribution in [2.45, 2.75) is 32.8 Å². The molecule has 112 valence electrons. The molecule has 0 aliphatic heterocycles. The van der Waals surface area contributed by atoms with E-state index in [2.05, 4.69) is 6.58 Å². The lowest BCUT2D eigenvalue weighted by Crippen LogP contribution is -2.24. The van der Waals surface area contributed by atoms with Gasteiger partial charge in [-0.1, -0.05) is 6.08 Å². The van der Waals surface area contributed by atoms with Gasteiger partial charge in [-0.3, -0.25) is 4.79 Å². The number of rotatable bonds is 11. The third kappa shape index (κ3) is 15.0. The van der Waals surface area contributed by atoms with Gasteiger partial charge in [0.1, 0.15) is 5.60 Å². The number of carbonyl (C=O) groups is 1. The van der Waals surface area contributed by atoms with Gasteiger partial charge in [-0.2, -0.15) is 0 Å². The predicted octanol–water partition coefficient (Wildman–Crippen LogP) is 1.95. The molecular weight excluding hydrogens is 248 g/mol. The summed E-state index contributed by atoms with van der Waals surface area (Å²) in [5.74, 6) is -0.244. The fourth-order valence-corrected chi connectivity index (χ4v) is 1.15. The number of hydrogen-bond donors (Lipinski definition) is 0. The standard InChI is InChI=1S/C14H26O5/c1-5-7-16-9-11-18-12-10-17-8-6-13(15)19-14(2,3)4/h5H,1,6-12H2,2-4H3. The third-order valence-electron chi connectivity index (χ3n) is 1.85. The summed E-state index contributed by atoms with van der Waals surface area (Å²) in [6.07, 6.45) is 1.96. The minimum atomic E-state index is -0.439. The molecule has 0 amide bonds. The second kappa shape index (κ2) is 11.0. The molecule has 0 aliphatic rings. The molecule has 0 saturated carbocycles. The van der Waals surface area contributed by atoms with Crippen LogP contribution in [0.2, 0.25) is 0 Å². The van der Waals surface area contributed by atoms with Crippen LogP contribution in [0.5, 0.6) is 0 Å². The molecule has 5 heteroatoms. The van der Waals surface area contributed by atoms with Crippen molar-refractivity contribution in [3.63, 3.8) is 0 Å². The zero-order valence-electron chi connectivity index (χ0n) is 12.3.